The maximum atomic E-state index is 11.5. The van der Waals surface area contributed by atoms with Crippen LogP contribution in [0.2, 0.25) is 0 Å². The number of nitrogens with two attached hydrogens (primary N) is 1. The quantitative estimate of drug-likeness (QED) is 0.508. The highest BCUT2D eigenvalue weighted by molar-refractivity contribution is 6.01. The zero-order chi connectivity index (χ0) is 16.6. The molecule has 4 heteroatoms. The zero-order valence-corrected chi connectivity index (χ0v) is 12.6. The number of aryl methyl sites for hydroxylation is 1. The van der Waals surface area contributed by atoms with Crippen molar-refractivity contribution in [3.8, 4) is 11.1 Å². The Bertz CT molecular complexity index is 945. The van der Waals surface area contributed by atoms with Gasteiger partial charge in [0.25, 0.3) is 0 Å². The summed E-state index contributed by atoms with van der Waals surface area (Å²) in [6, 6.07) is 16.6. The Kier molecular flexibility index (Phi) is 3.58. The van der Waals surface area contributed by atoms with E-state index < -0.39 is 5.97 Å². The molecule has 0 saturated heterocycles. The number of hydrogen-bond donors (Lipinski definition) is 3. The Hall–Kier alpha value is -3.14. The molecule has 0 radical (unpaired) electrons. The predicted octanol–water partition coefficient (Wildman–Crippen LogP) is 3.80. The first-order valence-electron chi connectivity index (χ1n) is 7.19. The number of carboxylic acids is 1. The molecule has 0 bridgehead atoms. The van der Waals surface area contributed by atoms with Gasteiger partial charge in [-0.3, -0.25) is 5.41 Å². The zero-order valence-electron chi connectivity index (χ0n) is 12.6. The van der Waals surface area contributed by atoms with E-state index in [1.807, 2.05) is 43.3 Å². The molecule has 3 rings (SSSR count). The van der Waals surface area contributed by atoms with Crippen molar-refractivity contribution in [3.63, 3.8) is 0 Å². The molecule has 3 aromatic rings. The summed E-state index contributed by atoms with van der Waals surface area (Å²) >= 11 is 0. The van der Waals surface area contributed by atoms with Gasteiger partial charge >= 0.3 is 5.97 Å². The van der Waals surface area contributed by atoms with Crippen LogP contribution in [-0.2, 0) is 0 Å². The summed E-state index contributed by atoms with van der Waals surface area (Å²) in [7, 11) is 0. The van der Waals surface area contributed by atoms with Crippen LogP contribution in [0.3, 0.4) is 0 Å². The highest BCUT2D eigenvalue weighted by Gasteiger charge is 2.14. The highest BCUT2D eigenvalue weighted by Crippen LogP contribution is 2.30. The molecule has 4 N–H and O–H groups in total. The summed E-state index contributed by atoms with van der Waals surface area (Å²) in [6.07, 6.45) is 0. The first kappa shape index (κ1) is 14.8. The Balaban J connectivity index is 2.21. The minimum Gasteiger partial charge on any atom is -0.478 e. The molecule has 0 aliphatic heterocycles. The molecule has 4 nitrogen and oxygen atoms in total. The van der Waals surface area contributed by atoms with E-state index in [1.54, 1.807) is 18.2 Å². The van der Waals surface area contributed by atoms with Gasteiger partial charge in [-0.1, -0.05) is 36.4 Å². The second-order valence-corrected chi connectivity index (χ2v) is 5.49. The number of aromatic carboxylic acids is 1. The SMILES string of the molecule is Cc1cccc(C(=O)O)c1-c1ccc2cc(C(=N)N)ccc2c1. The first-order valence-corrected chi connectivity index (χ1v) is 7.19. The molecule has 0 aliphatic rings. The standard InChI is InChI=1S/C19H16N2O2/c1-11-3-2-4-16(19(22)23)17(11)14-7-5-13-10-15(18(20)21)8-6-12(13)9-14/h2-10H,1H3,(H3,20,21)(H,22,23). The number of hydrogen-bond acceptors (Lipinski definition) is 2. The third-order valence-corrected chi connectivity index (χ3v) is 3.94. The Labute approximate surface area is 133 Å². The second-order valence-electron chi connectivity index (χ2n) is 5.49. The van der Waals surface area contributed by atoms with Crippen molar-refractivity contribution in [2.75, 3.05) is 0 Å². The van der Waals surface area contributed by atoms with Crippen molar-refractivity contribution in [1.29, 1.82) is 5.41 Å². The van der Waals surface area contributed by atoms with E-state index in [-0.39, 0.29) is 5.84 Å². The molecule has 23 heavy (non-hydrogen) atoms. The van der Waals surface area contributed by atoms with Crippen LogP contribution in [0.25, 0.3) is 21.9 Å². The summed E-state index contributed by atoms with van der Waals surface area (Å²) in [4.78, 5) is 11.5. The van der Waals surface area contributed by atoms with Gasteiger partial charge in [0, 0.05) is 5.56 Å². The smallest absolute Gasteiger partial charge is 0.336 e. The van der Waals surface area contributed by atoms with Gasteiger partial charge in [0.2, 0.25) is 0 Å². The third kappa shape index (κ3) is 2.66. The van der Waals surface area contributed by atoms with Crippen LogP contribution in [0, 0.1) is 12.3 Å². The summed E-state index contributed by atoms with van der Waals surface area (Å²) in [5.74, 6) is -0.904. The number of carboxylic acid groups (broad SMARTS) is 1. The molecular weight excluding hydrogens is 288 g/mol. The average molecular weight is 304 g/mol. The van der Waals surface area contributed by atoms with E-state index in [0.717, 1.165) is 27.5 Å². The van der Waals surface area contributed by atoms with Gasteiger partial charge in [-0.2, -0.15) is 0 Å². The molecule has 0 spiro atoms. The van der Waals surface area contributed by atoms with E-state index >= 15 is 0 Å². The molecule has 3 aromatic carbocycles. The number of rotatable bonds is 3. The van der Waals surface area contributed by atoms with E-state index in [1.165, 1.54) is 0 Å². The Morgan fingerprint density at radius 1 is 1.04 bits per heavy atom. The largest absolute Gasteiger partial charge is 0.478 e. The predicted molar refractivity (Wildman–Crippen MR) is 92.1 cm³/mol. The van der Waals surface area contributed by atoms with Crippen molar-refractivity contribution in [2.24, 2.45) is 5.73 Å². The summed E-state index contributed by atoms with van der Waals surface area (Å²) < 4.78 is 0. The highest BCUT2D eigenvalue weighted by atomic mass is 16.4. The fourth-order valence-electron chi connectivity index (χ4n) is 2.80. The van der Waals surface area contributed by atoms with E-state index in [4.69, 9.17) is 11.1 Å². The van der Waals surface area contributed by atoms with Gasteiger partial charge in [0.15, 0.2) is 0 Å². The summed E-state index contributed by atoms with van der Waals surface area (Å²) in [5, 5.41) is 18.9. The van der Waals surface area contributed by atoms with Gasteiger partial charge < -0.3 is 10.8 Å². The van der Waals surface area contributed by atoms with Crippen molar-refractivity contribution in [1.82, 2.24) is 0 Å². The lowest BCUT2D eigenvalue weighted by Crippen LogP contribution is -2.10. The molecule has 0 atom stereocenters. The lowest BCUT2D eigenvalue weighted by atomic mass is 9.93. The summed E-state index contributed by atoms with van der Waals surface area (Å²) in [5.41, 5.74) is 9.01. The molecule has 0 fully saturated rings. The molecule has 0 unspecified atom stereocenters. The molecule has 0 aliphatic carbocycles. The van der Waals surface area contributed by atoms with Gasteiger partial charge in [-0.05, 0) is 52.6 Å². The number of amidine groups is 1. The molecule has 114 valence electrons. The van der Waals surface area contributed by atoms with Crippen molar-refractivity contribution in [3.05, 3.63) is 71.3 Å². The minimum atomic E-state index is -0.935. The van der Waals surface area contributed by atoms with Crippen LogP contribution in [0.5, 0.6) is 0 Å². The van der Waals surface area contributed by atoms with Gasteiger partial charge in [-0.25, -0.2) is 4.79 Å². The van der Waals surface area contributed by atoms with Crippen LogP contribution in [-0.4, -0.2) is 16.9 Å². The number of nitrogen functional groups attached to an aromatic ring is 1. The van der Waals surface area contributed by atoms with Gasteiger partial charge in [0.05, 0.1) is 5.56 Å². The topological polar surface area (TPSA) is 87.2 Å². The first-order chi connectivity index (χ1) is 11.0. The lowest BCUT2D eigenvalue weighted by molar-refractivity contribution is 0.0697. The maximum absolute atomic E-state index is 11.5. The van der Waals surface area contributed by atoms with Gasteiger partial charge in [-0.15, -0.1) is 0 Å². The maximum Gasteiger partial charge on any atom is 0.336 e. The number of fused-ring (bicyclic) bond motifs is 1. The molecule has 0 aromatic heterocycles. The Morgan fingerprint density at radius 2 is 1.74 bits per heavy atom. The van der Waals surface area contributed by atoms with Crippen LogP contribution < -0.4 is 5.73 Å². The number of nitrogens with one attached hydrogen (secondary N) is 1. The van der Waals surface area contributed by atoms with Crippen molar-refractivity contribution >= 4 is 22.6 Å². The number of carbonyl (C=O) groups is 1. The third-order valence-electron chi connectivity index (χ3n) is 3.94. The van der Waals surface area contributed by atoms with Crippen LogP contribution >= 0.6 is 0 Å². The van der Waals surface area contributed by atoms with E-state index in [9.17, 15) is 9.90 Å². The average Bonchev–Trinajstić information content (AvgIpc) is 2.53. The van der Waals surface area contributed by atoms with E-state index in [0.29, 0.717) is 11.1 Å². The molecule has 0 heterocycles. The van der Waals surface area contributed by atoms with Gasteiger partial charge in [0.1, 0.15) is 5.84 Å². The Morgan fingerprint density at radius 3 is 2.43 bits per heavy atom. The fraction of sp³-hybridized carbons (Fsp3) is 0.0526. The fourth-order valence-corrected chi connectivity index (χ4v) is 2.80. The molecular formula is C19H16N2O2. The number of benzene rings is 3. The summed E-state index contributed by atoms with van der Waals surface area (Å²) in [6.45, 7) is 1.91. The van der Waals surface area contributed by atoms with Crippen molar-refractivity contribution < 1.29 is 9.90 Å². The second kappa shape index (κ2) is 5.57. The molecule has 0 saturated carbocycles. The van der Waals surface area contributed by atoms with Crippen LogP contribution in [0.4, 0.5) is 0 Å². The van der Waals surface area contributed by atoms with Crippen LogP contribution in [0.15, 0.2) is 54.6 Å². The molecule has 0 amide bonds. The lowest BCUT2D eigenvalue weighted by Gasteiger charge is -2.11. The van der Waals surface area contributed by atoms with Crippen molar-refractivity contribution in [2.45, 2.75) is 6.92 Å². The minimum absolute atomic E-state index is 0.0306. The normalized spacial score (nSPS) is 10.7. The van der Waals surface area contributed by atoms with E-state index in [2.05, 4.69) is 0 Å². The monoisotopic (exact) mass is 304 g/mol. The van der Waals surface area contributed by atoms with Crippen LogP contribution in [0.1, 0.15) is 21.5 Å².